The molecule has 0 N–H and O–H groups in total. The summed E-state index contributed by atoms with van der Waals surface area (Å²) in [5, 5.41) is 10.2. The molecular formula is C26H24N4O3S. The average Bonchev–Trinajstić information content (AvgIpc) is 3.29. The Labute approximate surface area is 201 Å². The maximum Gasteiger partial charge on any atom is 0.267 e. The Morgan fingerprint density at radius 3 is 2.44 bits per heavy atom. The van der Waals surface area contributed by atoms with E-state index in [-0.39, 0.29) is 5.56 Å². The molecule has 0 bridgehead atoms. The van der Waals surface area contributed by atoms with Gasteiger partial charge in [0.2, 0.25) is 5.78 Å². The summed E-state index contributed by atoms with van der Waals surface area (Å²) in [7, 11) is 1.64. The third-order valence-corrected chi connectivity index (χ3v) is 6.61. The quantitative estimate of drug-likeness (QED) is 0.236. The molecule has 0 amide bonds. The fraction of sp³-hybridized carbons (Fsp3) is 0.192. The number of methoxy groups -OCH3 is 1. The third kappa shape index (κ3) is 4.12. The van der Waals surface area contributed by atoms with E-state index in [0.717, 1.165) is 45.6 Å². The molecule has 172 valence electrons. The molecule has 0 saturated heterocycles. The van der Waals surface area contributed by atoms with Gasteiger partial charge in [-0.05, 0) is 61.4 Å². The van der Waals surface area contributed by atoms with Crippen LogP contribution in [0.15, 0.2) is 82.7 Å². The monoisotopic (exact) mass is 472 g/mol. The first-order valence-electron chi connectivity index (χ1n) is 11.0. The molecule has 0 aliphatic rings. The van der Waals surface area contributed by atoms with Crippen LogP contribution in [0.3, 0.4) is 0 Å². The van der Waals surface area contributed by atoms with Crippen LogP contribution in [0.4, 0.5) is 0 Å². The molecule has 8 heteroatoms. The van der Waals surface area contributed by atoms with Crippen LogP contribution in [-0.2, 0) is 0 Å². The molecule has 0 aliphatic heterocycles. The fourth-order valence-electron chi connectivity index (χ4n) is 3.89. The highest BCUT2D eigenvalue weighted by molar-refractivity contribution is 7.99. The summed E-state index contributed by atoms with van der Waals surface area (Å²) in [6.07, 6.45) is 0.834. The number of aromatic nitrogens is 4. The third-order valence-electron chi connectivity index (χ3n) is 5.60. The van der Waals surface area contributed by atoms with E-state index in [1.54, 1.807) is 23.4 Å². The van der Waals surface area contributed by atoms with Crippen molar-refractivity contribution < 1.29 is 9.47 Å². The second-order valence-corrected chi connectivity index (χ2v) is 8.85. The highest BCUT2D eigenvalue weighted by Crippen LogP contribution is 2.25. The zero-order chi connectivity index (χ0) is 23.5. The van der Waals surface area contributed by atoms with E-state index in [0.29, 0.717) is 17.8 Å². The number of hydrogen-bond donors (Lipinski definition) is 0. The van der Waals surface area contributed by atoms with Crippen LogP contribution in [-0.4, -0.2) is 38.6 Å². The van der Waals surface area contributed by atoms with E-state index in [1.165, 1.54) is 0 Å². The molecule has 7 nitrogen and oxygen atoms in total. The largest absolute Gasteiger partial charge is 0.497 e. The molecule has 5 rings (SSSR count). The minimum absolute atomic E-state index is 0.103. The number of hydrogen-bond acceptors (Lipinski definition) is 6. The van der Waals surface area contributed by atoms with Crippen molar-refractivity contribution in [1.29, 1.82) is 0 Å². The van der Waals surface area contributed by atoms with Crippen molar-refractivity contribution in [2.45, 2.75) is 18.5 Å². The van der Waals surface area contributed by atoms with E-state index in [1.807, 2.05) is 84.1 Å². The molecule has 0 unspecified atom stereocenters. The normalized spacial score (nSPS) is 11.2. The second kappa shape index (κ2) is 9.61. The van der Waals surface area contributed by atoms with Gasteiger partial charge in [-0.25, -0.2) is 4.57 Å². The smallest absolute Gasteiger partial charge is 0.267 e. The molecule has 2 heterocycles. The summed E-state index contributed by atoms with van der Waals surface area (Å²) in [5.74, 6) is 2.93. The van der Waals surface area contributed by atoms with Crippen molar-refractivity contribution in [3.05, 3.63) is 88.7 Å². The number of fused-ring (bicyclic) bond motifs is 3. The summed E-state index contributed by atoms with van der Waals surface area (Å²) in [6.45, 7) is 2.58. The highest BCUT2D eigenvalue weighted by Gasteiger charge is 2.18. The topological polar surface area (TPSA) is 70.7 Å². The Morgan fingerprint density at radius 2 is 1.65 bits per heavy atom. The van der Waals surface area contributed by atoms with E-state index < -0.39 is 0 Å². The Morgan fingerprint density at radius 1 is 0.912 bits per heavy atom. The van der Waals surface area contributed by atoms with Gasteiger partial charge in [-0.2, -0.15) is 0 Å². The predicted octanol–water partition coefficient (Wildman–Crippen LogP) is 4.91. The zero-order valence-electron chi connectivity index (χ0n) is 19.0. The number of ether oxygens (including phenoxy) is 2. The van der Waals surface area contributed by atoms with E-state index >= 15 is 0 Å². The van der Waals surface area contributed by atoms with Crippen molar-refractivity contribution in [2.75, 3.05) is 19.5 Å². The number of aryl methyl sites for hydroxylation is 1. The lowest BCUT2D eigenvalue weighted by Crippen LogP contribution is -2.22. The maximum atomic E-state index is 13.4. The van der Waals surface area contributed by atoms with Crippen LogP contribution in [0.25, 0.3) is 22.4 Å². The first kappa shape index (κ1) is 22.0. The number of benzene rings is 3. The van der Waals surface area contributed by atoms with E-state index in [2.05, 4.69) is 10.2 Å². The number of para-hydroxylation sites is 2. The molecule has 0 spiro atoms. The standard InChI is InChI=1S/C26H24N4O3S/c1-18-8-3-5-10-22(18)29-24(31)21-9-4-6-11-23(21)30-25(29)27-28-26(30)34-17-7-16-33-20-14-12-19(32-2)13-15-20/h3-6,8-15H,7,16-17H2,1-2H3. The molecule has 0 atom stereocenters. The van der Waals surface area contributed by atoms with Gasteiger partial charge in [-0.15, -0.1) is 10.2 Å². The van der Waals surface area contributed by atoms with Gasteiger partial charge in [0, 0.05) is 5.75 Å². The van der Waals surface area contributed by atoms with Crippen LogP contribution < -0.4 is 15.0 Å². The van der Waals surface area contributed by atoms with Crippen molar-refractivity contribution >= 4 is 28.4 Å². The summed E-state index contributed by atoms with van der Waals surface area (Å²) in [6, 6.07) is 23.0. The number of nitrogens with zero attached hydrogens (tertiary/aromatic N) is 4. The van der Waals surface area contributed by atoms with Gasteiger partial charge in [0.1, 0.15) is 11.5 Å². The van der Waals surface area contributed by atoms with Gasteiger partial charge in [0.25, 0.3) is 5.56 Å². The SMILES string of the molecule is COc1ccc(OCCCSc2nnc3n(-c4ccccc4C)c(=O)c4ccccc4n23)cc1. The fourth-order valence-corrected chi connectivity index (χ4v) is 4.74. The summed E-state index contributed by atoms with van der Waals surface area (Å²) >= 11 is 1.60. The Hall–Kier alpha value is -3.78. The number of thioether (sulfide) groups is 1. The molecule has 5 aromatic rings. The van der Waals surface area contributed by atoms with Crippen molar-refractivity contribution in [1.82, 2.24) is 19.2 Å². The van der Waals surface area contributed by atoms with Gasteiger partial charge < -0.3 is 9.47 Å². The van der Waals surface area contributed by atoms with Crippen LogP contribution in [0.2, 0.25) is 0 Å². The van der Waals surface area contributed by atoms with Gasteiger partial charge in [-0.1, -0.05) is 42.1 Å². The van der Waals surface area contributed by atoms with E-state index in [9.17, 15) is 4.79 Å². The van der Waals surface area contributed by atoms with Gasteiger partial charge in [-0.3, -0.25) is 9.20 Å². The molecule has 2 aromatic heterocycles. The zero-order valence-corrected chi connectivity index (χ0v) is 19.8. The van der Waals surface area contributed by atoms with Crippen molar-refractivity contribution in [3.8, 4) is 17.2 Å². The summed E-state index contributed by atoms with van der Waals surface area (Å²) in [4.78, 5) is 13.4. The second-order valence-electron chi connectivity index (χ2n) is 7.79. The minimum Gasteiger partial charge on any atom is -0.497 e. The first-order valence-corrected chi connectivity index (χ1v) is 12.0. The summed E-state index contributed by atoms with van der Waals surface area (Å²) < 4.78 is 14.6. The molecule has 0 fully saturated rings. The maximum absolute atomic E-state index is 13.4. The molecule has 34 heavy (non-hydrogen) atoms. The average molecular weight is 473 g/mol. The molecule has 0 aliphatic carbocycles. The molecule has 0 radical (unpaired) electrons. The lowest BCUT2D eigenvalue weighted by Gasteiger charge is -2.13. The van der Waals surface area contributed by atoms with Gasteiger partial charge in [0.15, 0.2) is 5.16 Å². The van der Waals surface area contributed by atoms with Crippen molar-refractivity contribution in [3.63, 3.8) is 0 Å². The summed E-state index contributed by atoms with van der Waals surface area (Å²) in [5.41, 5.74) is 2.50. The Balaban J connectivity index is 1.41. The van der Waals surface area contributed by atoms with Crippen LogP contribution in [0.5, 0.6) is 11.5 Å². The van der Waals surface area contributed by atoms with E-state index in [4.69, 9.17) is 9.47 Å². The number of rotatable bonds is 8. The molecule has 0 saturated carbocycles. The van der Waals surface area contributed by atoms with Gasteiger partial charge >= 0.3 is 0 Å². The van der Waals surface area contributed by atoms with Crippen LogP contribution in [0.1, 0.15) is 12.0 Å². The van der Waals surface area contributed by atoms with Crippen molar-refractivity contribution in [2.24, 2.45) is 0 Å². The van der Waals surface area contributed by atoms with Crippen LogP contribution in [0, 0.1) is 6.92 Å². The molecular weight excluding hydrogens is 448 g/mol. The Bertz CT molecular complexity index is 1510. The highest BCUT2D eigenvalue weighted by atomic mass is 32.2. The minimum atomic E-state index is -0.103. The van der Waals surface area contributed by atoms with Crippen LogP contribution >= 0.6 is 11.8 Å². The predicted molar refractivity (Wildman–Crippen MR) is 135 cm³/mol. The van der Waals surface area contributed by atoms with Gasteiger partial charge in [0.05, 0.1) is 30.3 Å². The Kier molecular flexibility index (Phi) is 6.22. The molecule has 3 aromatic carbocycles. The lowest BCUT2D eigenvalue weighted by molar-refractivity contribution is 0.318. The first-order chi connectivity index (χ1) is 16.7. The lowest BCUT2D eigenvalue weighted by atomic mass is 10.2.